The molecule has 1 aliphatic rings. The van der Waals surface area contributed by atoms with Crippen LogP contribution in [0.3, 0.4) is 0 Å². The van der Waals surface area contributed by atoms with Crippen molar-refractivity contribution in [1.82, 2.24) is 4.98 Å². The molecule has 0 bridgehead atoms. The van der Waals surface area contributed by atoms with Gasteiger partial charge in [-0.05, 0) is 35.9 Å². The van der Waals surface area contributed by atoms with E-state index in [1.807, 2.05) is 30.3 Å². The summed E-state index contributed by atoms with van der Waals surface area (Å²) in [5.74, 6) is 1.43. The van der Waals surface area contributed by atoms with Crippen LogP contribution in [-0.2, 0) is 6.42 Å². The monoisotopic (exact) mass is 389 g/mol. The molecule has 0 amide bonds. The van der Waals surface area contributed by atoms with E-state index in [9.17, 15) is 0 Å². The van der Waals surface area contributed by atoms with E-state index in [2.05, 4.69) is 15.9 Å². The van der Waals surface area contributed by atoms with E-state index in [0.717, 1.165) is 55.0 Å². The number of hydrogen-bond donors (Lipinski definition) is 0. The first-order valence-electron chi connectivity index (χ1n) is 7.15. The predicted octanol–water partition coefficient (Wildman–Crippen LogP) is 5.24. The molecule has 0 fully saturated rings. The predicted molar refractivity (Wildman–Crippen MR) is 95.8 cm³/mol. The molecule has 0 saturated carbocycles. The molecule has 23 heavy (non-hydrogen) atoms. The van der Waals surface area contributed by atoms with Crippen LogP contribution in [0.5, 0.6) is 11.5 Å². The van der Waals surface area contributed by atoms with Gasteiger partial charge in [0.05, 0.1) is 30.5 Å². The largest absolute Gasteiger partial charge is 0.493 e. The molecule has 0 unspecified atom stereocenters. The van der Waals surface area contributed by atoms with Crippen LogP contribution in [0.2, 0.25) is 5.02 Å². The fourth-order valence-electron chi connectivity index (χ4n) is 3.10. The van der Waals surface area contributed by atoms with Crippen LogP contribution in [0.15, 0.2) is 34.8 Å². The molecule has 0 atom stereocenters. The molecule has 1 heterocycles. The van der Waals surface area contributed by atoms with Crippen molar-refractivity contribution in [3.8, 4) is 22.8 Å². The van der Waals surface area contributed by atoms with E-state index in [0.29, 0.717) is 5.75 Å². The lowest BCUT2D eigenvalue weighted by Gasteiger charge is -2.10. The topological polar surface area (TPSA) is 31.4 Å². The lowest BCUT2D eigenvalue weighted by atomic mass is 10.1. The van der Waals surface area contributed by atoms with Crippen molar-refractivity contribution in [2.45, 2.75) is 6.42 Å². The smallest absolute Gasteiger partial charge is 0.161 e. The fourth-order valence-corrected chi connectivity index (χ4v) is 3.77. The summed E-state index contributed by atoms with van der Waals surface area (Å²) in [6.07, 6.45) is 0.749. The molecular weight excluding hydrogens is 378 g/mol. The van der Waals surface area contributed by atoms with Gasteiger partial charge in [0.15, 0.2) is 11.5 Å². The molecule has 0 radical (unpaired) electrons. The third-order valence-corrected chi connectivity index (χ3v) is 5.13. The molecule has 0 aliphatic heterocycles. The van der Waals surface area contributed by atoms with E-state index in [4.69, 9.17) is 26.1 Å². The maximum absolute atomic E-state index is 6.67. The summed E-state index contributed by atoms with van der Waals surface area (Å²) in [6, 6.07) is 9.95. The highest BCUT2D eigenvalue weighted by atomic mass is 79.9. The molecule has 1 aromatic heterocycles. The van der Waals surface area contributed by atoms with Crippen LogP contribution in [0, 0.1) is 0 Å². The zero-order valence-corrected chi connectivity index (χ0v) is 15.0. The average molecular weight is 391 g/mol. The fraction of sp³-hybridized carbons (Fsp3) is 0.167. The normalized spacial score (nSPS) is 12.2. The van der Waals surface area contributed by atoms with E-state index < -0.39 is 0 Å². The van der Waals surface area contributed by atoms with Crippen LogP contribution in [0.25, 0.3) is 22.2 Å². The van der Waals surface area contributed by atoms with Gasteiger partial charge >= 0.3 is 0 Å². The van der Waals surface area contributed by atoms with Gasteiger partial charge in [0.1, 0.15) is 0 Å². The van der Waals surface area contributed by atoms with Gasteiger partial charge in [0.25, 0.3) is 0 Å². The van der Waals surface area contributed by atoms with Crippen molar-refractivity contribution in [3.05, 3.63) is 51.0 Å². The van der Waals surface area contributed by atoms with E-state index in [-0.39, 0.29) is 0 Å². The maximum atomic E-state index is 6.67. The quantitative estimate of drug-likeness (QED) is 0.469. The molecule has 0 N–H and O–H groups in total. The number of halogens is 2. The number of hydrogen-bond acceptors (Lipinski definition) is 3. The summed E-state index contributed by atoms with van der Waals surface area (Å²) in [7, 11) is 3.28. The van der Waals surface area contributed by atoms with Gasteiger partial charge in [-0.25, -0.2) is 4.98 Å². The van der Waals surface area contributed by atoms with E-state index in [1.54, 1.807) is 14.2 Å². The standard InChI is InChI=1S/C18H13BrClNO2/c1-22-15-6-9-5-13-17(20)12-7-10(19)3-4-14(12)21-18(13)11(9)8-16(15)23-2/h3-4,6-8H,5H2,1-2H3. The van der Waals surface area contributed by atoms with Gasteiger partial charge < -0.3 is 9.47 Å². The second kappa shape index (κ2) is 5.39. The molecule has 2 aromatic carbocycles. The minimum absolute atomic E-state index is 0.702. The van der Waals surface area contributed by atoms with Crippen molar-refractivity contribution in [2.24, 2.45) is 0 Å². The highest BCUT2D eigenvalue weighted by Gasteiger charge is 2.26. The zero-order chi connectivity index (χ0) is 16.1. The minimum Gasteiger partial charge on any atom is -0.493 e. The first-order valence-corrected chi connectivity index (χ1v) is 8.32. The van der Waals surface area contributed by atoms with Gasteiger partial charge in [0, 0.05) is 27.4 Å². The summed E-state index contributed by atoms with van der Waals surface area (Å²) in [5, 5.41) is 1.73. The summed E-state index contributed by atoms with van der Waals surface area (Å²) in [5.41, 5.74) is 5.09. The number of methoxy groups -OCH3 is 2. The molecule has 4 rings (SSSR count). The Morgan fingerprint density at radius 1 is 1.09 bits per heavy atom. The van der Waals surface area contributed by atoms with Crippen molar-refractivity contribution in [2.75, 3.05) is 14.2 Å². The van der Waals surface area contributed by atoms with Crippen molar-refractivity contribution in [3.63, 3.8) is 0 Å². The van der Waals surface area contributed by atoms with Crippen LogP contribution >= 0.6 is 27.5 Å². The van der Waals surface area contributed by atoms with Crippen LogP contribution < -0.4 is 9.47 Å². The third kappa shape index (κ3) is 2.20. The Labute approximate surface area is 147 Å². The SMILES string of the molecule is COc1cc2c(cc1OC)-c1nc3ccc(Br)cc3c(Cl)c1C2. The Kier molecular flexibility index (Phi) is 3.47. The molecule has 3 aromatic rings. The van der Waals surface area contributed by atoms with Crippen molar-refractivity contribution >= 4 is 38.4 Å². The first kappa shape index (κ1) is 14.8. The van der Waals surface area contributed by atoms with Gasteiger partial charge in [-0.1, -0.05) is 27.5 Å². The molecule has 3 nitrogen and oxygen atoms in total. The number of pyridine rings is 1. The summed E-state index contributed by atoms with van der Waals surface area (Å²) < 4.78 is 11.8. The highest BCUT2D eigenvalue weighted by molar-refractivity contribution is 9.10. The van der Waals surface area contributed by atoms with Gasteiger partial charge in [-0.15, -0.1) is 0 Å². The second-order valence-electron chi connectivity index (χ2n) is 5.46. The molecule has 1 aliphatic carbocycles. The average Bonchev–Trinajstić information content (AvgIpc) is 2.92. The van der Waals surface area contributed by atoms with Crippen LogP contribution in [0.1, 0.15) is 11.1 Å². The number of rotatable bonds is 2. The maximum Gasteiger partial charge on any atom is 0.161 e. The lowest BCUT2D eigenvalue weighted by molar-refractivity contribution is 0.355. The van der Waals surface area contributed by atoms with Gasteiger partial charge in [0.2, 0.25) is 0 Å². The number of fused-ring (bicyclic) bond motifs is 4. The van der Waals surface area contributed by atoms with Crippen molar-refractivity contribution < 1.29 is 9.47 Å². The molecule has 0 saturated heterocycles. The summed E-state index contributed by atoms with van der Waals surface area (Å²) in [4.78, 5) is 4.83. The lowest BCUT2D eigenvalue weighted by Crippen LogP contribution is -1.92. The van der Waals surface area contributed by atoms with Crippen LogP contribution in [-0.4, -0.2) is 19.2 Å². The van der Waals surface area contributed by atoms with Gasteiger partial charge in [-0.3, -0.25) is 0 Å². The highest BCUT2D eigenvalue weighted by Crippen LogP contribution is 2.45. The third-order valence-electron chi connectivity index (χ3n) is 4.21. The Morgan fingerprint density at radius 2 is 1.83 bits per heavy atom. The zero-order valence-electron chi connectivity index (χ0n) is 12.6. The number of aromatic nitrogens is 1. The van der Waals surface area contributed by atoms with Crippen LogP contribution in [0.4, 0.5) is 0 Å². The van der Waals surface area contributed by atoms with E-state index in [1.165, 1.54) is 0 Å². The number of nitrogens with zero attached hydrogens (tertiary/aromatic N) is 1. The summed E-state index contributed by atoms with van der Waals surface area (Å²) >= 11 is 10.2. The Hall–Kier alpha value is -1.78. The molecule has 116 valence electrons. The Bertz CT molecular complexity index is 956. The Morgan fingerprint density at radius 3 is 2.57 bits per heavy atom. The van der Waals surface area contributed by atoms with E-state index >= 15 is 0 Å². The molecule has 5 heteroatoms. The number of ether oxygens (including phenoxy) is 2. The minimum atomic E-state index is 0.702. The first-order chi connectivity index (χ1) is 11.1. The molecular formula is C18H13BrClNO2. The molecule has 0 spiro atoms. The summed E-state index contributed by atoms with van der Waals surface area (Å²) in [6.45, 7) is 0. The Balaban J connectivity index is 2.00. The number of benzene rings is 2. The second-order valence-corrected chi connectivity index (χ2v) is 6.75. The van der Waals surface area contributed by atoms with Gasteiger partial charge in [-0.2, -0.15) is 0 Å². The van der Waals surface area contributed by atoms with Crippen molar-refractivity contribution in [1.29, 1.82) is 0 Å².